The van der Waals surface area contributed by atoms with Crippen LogP contribution in [0.1, 0.15) is 226 Å². The average Bonchev–Trinajstić information content (AvgIpc) is 3.37. The first-order valence-electron chi connectivity index (χ1n) is 28.3. The molecule has 0 saturated carbocycles. The Bertz CT molecular complexity index is 1590. The number of hydrogen-bond acceptors (Lipinski definition) is 6. The molecule has 0 rings (SSSR count). The van der Waals surface area contributed by atoms with Gasteiger partial charge in [0.25, 0.3) is 0 Å². The van der Waals surface area contributed by atoms with Gasteiger partial charge in [0, 0.05) is 19.3 Å². The van der Waals surface area contributed by atoms with Crippen molar-refractivity contribution in [1.82, 2.24) is 0 Å². The maximum atomic E-state index is 12.8. The predicted molar refractivity (Wildman–Crippen MR) is 306 cm³/mol. The van der Waals surface area contributed by atoms with E-state index in [0.29, 0.717) is 19.3 Å². The van der Waals surface area contributed by atoms with Gasteiger partial charge in [-0.3, -0.25) is 14.4 Å². The number of allylic oxidation sites excluding steroid dienone is 24. The number of hydrogen-bond donors (Lipinski definition) is 0. The van der Waals surface area contributed by atoms with Crippen LogP contribution in [-0.2, 0) is 28.6 Å². The van der Waals surface area contributed by atoms with Crippen molar-refractivity contribution in [3.05, 3.63) is 146 Å². The lowest BCUT2D eigenvalue weighted by Gasteiger charge is -2.18. The lowest BCUT2D eigenvalue weighted by atomic mass is 10.1. The molecule has 6 heteroatoms. The first kappa shape index (κ1) is 66.3. The molecule has 0 aromatic rings. The molecule has 0 spiro atoms. The van der Waals surface area contributed by atoms with Crippen molar-refractivity contribution in [2.75, 3.05) is 13.2 Å². The van der Waals surface area contributed by atoms with Gasteiger partial charge in [0.05, 0.1) is 0 Å². The summed E-state index contributed by atoms with van der Waals surface area (Å²) in [6, 6.07) is 0. The molecule has 0 radical (unpaired) electrons. The van der Waals surface area contributed by atoms with Crippen LogP contribution in [0.4, 0.5) is 0 Å². The van der Waals surface area contributed by atoms with Gasteiger partial charge in [0.15, 0.2) is 6.10 Å². The second kappa shape index (κ2) is 57.9. The lowest BCUT2D eigenvalue weighted by Crippen LogP contribution is -2.30. The van der Waals surface area contributed by atoms with E-state index in [-0.39, 0.29) is 44.0 Å². The van der Waals surface area contributed by atoms with Gasteiger partial charge in [-0.15, -0.1) is 0 Å². The third kappa shape index (κ3) is 56.1. The van der Waals surface area contributed by atoms with Crippen molar-refractivity contribution >= 4 is 17.9 Å². The molecule has 0 aliphatic carbocycles. The van der Waals surface area contributed by atoms with Crippen LogP contribution in [0.3, 0.4) is 0 Å². The standard InChI is InChI=1S/C65H102O6/c1-4-7-10-13-16-19-22-24-25-26-27-28-29-30-31-32-33-34-35-36-37-38-39-41-43-46-49-52-55-58-64(67)70-61-62(60-69-63(66)57-54-51-48-45-42-21-18-15-12-9-6-3)71-65(68)59-56-53-50-47-44-40-23-20-17-14-11-8-5-2/h7-8,10-11,16-17,19-20,24-25,27-28,30-31,33-34,36-37,39-41,44,46,49,62H,4-6,9,12-15,18,21-23,26,29,32,35,38,42-43,45,47-48,50-61H2,1-3H3/b10-7-,11-8-,19-16-,20-17-,25-24-,28-27-,31-30-,34-33-,37-36-,41-39-,44-40-,49-46-. The highest BCUT2D eigenvalue weighted by Gasteiger charge is 2.19. The summed E-state index contributed by atoms with van der Waals surface area (Å²) in [6.45, 7) is 6.31. The lowest BCUT2D eigenvalue weighted by molar-refractivity contribution is -0.167. The minimum atomic E-state index is -0.820. The van der Waals surface area contributed by atoms with Gasteiger partial charge in [-0.25, -0.2) is 0 Å². The Morgan fingerprint density at radius 1 is 0.296 bits per heavy atom. The van der Waals surface area contributed by atoms with E-state index in [0.717, 1.165) is 122 Å². The predicted octanol–water partition coefficient (Wildman–Crippen LogP) is 19.2. The van der Waals surface area contributed by atoms with Gasteiger partial charge >= 0.3 is 17.9 Å². The molecule has 0 bridgehead atoms. The molecular weight excluding hydrogens is 877 g/mol. The van der Waals surface area contributed by atoms with Crippen molar-refractivity contribution < 1.29 is 28.6 Å². The number of unbranched alkanes of at least 4 members (excludes halogenated alkanes) is 14. The molecule has 0 saturated heterocycles. The van der Waals surface area contributed by atoms with Crippen LogP contribution < -0.4 is 0 Å². The summed E-state index contributed by atoms with van der Waals surface area (Å²) in [7, 11) is 0. The molecule has 0 N–H and O–H groups in total. The van der Waals surface area contributed by atoms with E-state index in [4.69, 9.17) is 14.2 Å². The molecule has 0 fully saturated rings. The second-order valence-corrected chi connectivity index (χ2v) is 18.1. The Morgan fingerprint density at radius 3 is 0.915 bits per heavy atom. The maximum absolute atomic E-state index is 12.8. The van der Waals surface area contributed by atoms with Crippen LogP contribution in [0.15, 0.2) is 146 Å². The van der Waals surface area contributed by atoms with Crippen molar-refractivity contribution in [1.29, 1.82) is 0 Å². The number of ether oxygens (including phenoxy) is 3. The summed E-state index contributed by atoms with van der Waals surface area (Å²) in [6.07, 6.45) is 82.8. The zero-order valence-electron chi connectivity index (χ0n) is 45.4. The van der Waals surface area contributed by atoms with Gasteiger partial charge in [-0.2, -0.15) is 0 Å². The van der Waals surface area contributed by atoms with Crippen molar-refractivity contribution in [2.45, 2.75) is 232 Å². The van der Waals surface area contributed by atoms with Crippen LogP contribution in [0.5, 0.6) is 0 Å². The average molecular weight is 980 g/mol. The molecular formula is C65H102O6. The van der Waals surface area contributed by atoms with Gasteiger partial charge < -0.3 is 14.2 Å². The van der Waals surface area contributed by atoms with Gasteiger partial charge in [-0.1, -0.05) is 237 Å². The highest BCUT2D eigenvalue weighted by Crippen LogP contribution is 2.13. The molecule has 1 unspecified atom stereocenters. The Balaban J connectivity index is 4.42. The van der Waals surface area contributed by atoms with E-state index in [1.807, 2.05) is 0 Å². The molecule has 0 aliphatic heterocycles. The fourth-order valence-corrected chi connectivity index (χ4v) is 7.16. The van der Waals surface area contributed by atoms with E-state index in [1.165, 1.54) is 51.4 Å². The summed E-state index contributed by atoms with van der Waals surface area (Å²) < 4.78 is 16.7. The number of carbonyl (C=O) groups excluding carboxylic acids is 3. The number of rotatable bonds is 49. The highest BCUT2D eigenvalue weighted by molar-refractivity contribution is 5.71. The quantitative estimate of drug-likeness (QED) is 0.0262. The summed E-state index contributed by atoms with van der Waals surface area (Å²) in [5, 5.41) is 0. The van der Waals surface area contributed by atoms with E-state index in [1.54, 1.807) is 0 Å². The summed E-state index contributed by atoms with van der Waals surface area (Å²) >= 11 is 0. The van der Waals surface area contributed by atoms with E-state index >= 15 is 0 Å². The van der Waals surface area contributed by atoms with Crippen molar-refractivity contribution in [2.24, 2.45) is 0 Å². The second-order valence-electron chi connectivity index (χ2n) is 18.1. The third-order valence-corrected chi connectivity index (χ3v) is 11.3. The van der Waals surface area contributed by atoms with Gasteiger partial charge in [-0.05, 0) is 116 Å². The van der Waals surface area contributed by atoms with Gasteiger partial charge in [0.1, 0.15) is 13.2 Å². The van der Waals surface area contributed by atoms with E-state index in [9.17, 15) is 14.4 Å². The fraction of sp³-hybridized carbons (Fsp3) is 0.585. The Hall–Kier alpha value is -4.71. The molecule has 398 valence electrons. The zero-order chi connectivity index (χ0) is 51.4. The normalized spacial score (nSPS) is 13.2. The zero-order valence-corrected chi connectivity index (χ0v) is 45.4. The molecule has 0 aromatic carbocycles. The SMILES string of the molecule is CC/C=C\C/C=C\C/C=C\C/C=C\C/C=C\C/C=C\C/C=C\C/C=C\C/C=C\CCCC(=O)OCC(COC(=O)CCCCCCCCCCCCC)OC(=O)CCCCC/C=C\C/C=C\C/C=C\CC. The van der Waals surface area contributed by atoms with Crippen LogP contribution in [0, 0.1) is 0 Å². The van der Waals surface area contributed by atoms with E-state index in [2.05, 4.69) is 167 Å². The van der Waals surface area contributed by atoms with Crippen molar-refractivity contribution in [3.63, 3.8) is 0 Å². The monoisotopic (exact) mass is 979 g/mol. The van der Waals surface area contributed by atoms with Crippen LogP contribution >= 0.6 is 0 Å². The molecule has 6 nitrogen and oxygen atoms in total. The first-order chi connectivity index (χ1) is 35.0. The Kier molecular flexibility index (Phi) is 54.0. The fourth-order valence-electron chi connectivity index (χ4n) is 7.16. The Labute approximate surface area is 436 Å². The van der Waals surface area contributed by atoms with E-state index < -0.39 is 6.10 Å². The summed E-state index contributed by atoms with van der Waals surface area (Å²) in [5.74, 6) is -1.01. The molecule has 0 aliphatic rings. The molecule has 0 aromatic heterocycles. The Morgan fingerprint density at radius 2 is 0.563 bits per heavy atom. The minimum Gasteiger partial charge on any atom is -0.462 e. The first-order valence-corrected chi connectivity index (χ1v) is 28.3. The number of esters is 3. The molecule has 71 heavy (non-hydrogen) atoms. The third-order valence-electron chi connectivity index (χ3n) is 11.3. The summed E-state index contributed by atoms with van der Waals surface area (Å²) in [5.41, 5.74) is 0. The largest absolute Gasteiger partial charge is 0.462 e. The van der Waals surface area contributed by atoms with Gasteiger partial charge in [0.2, 0.25) is 0 Å². The molecule has 0 amide bonds. The highest BCUT2D eigenvalue weighted by atomic mass is 16.6. The molecule has 0 heterocycles. The number of carbonyl (C=O) groups is 3. The maximum Gasteiger partial charge on any atom is 0.306 e. The smallest absolute Gasteiger partial charge is 0.306 e. The van der Waals surface area contributed by atoms with Crippen LogP contribution in [-0.4, -0.2) is 37.2 Å². The van der Waals surface area contributed by atoms with Crippen LogP contribution in [0.25, 0.3) is 0 Å². The molecule has 1 atom stereocenters. The van der Waals surface area contributed by atoms with Crippen LogP contribution in [0.2, 0.25) is 0 Å². The van der Waals surface area contributed by atoms with Crippen molar-refractivity contribution in [3.8, 4) is 0 Å². The minimum absolute atomic E-state index is 0.112. The topological polar surface area (TPSA) is 78.9 Å². The summed E-state index contributed by atoms with van der Waals surface area (Å²) in [4.78, 5) is 38.0.